The molecule has 1 atom stereocenters. The molecule has 102 valence electrons. The minimum absolute atomic E-state index is 0.0318. The van der Waals surface area contributed by atoms with Gasteiger partial charge in [0.2, 0.25) is 0 Å². The molecule has 2 rings (SSSR count). The Morgan fingerprint density at radius 3 is 2.22 bits per heavy atom. The second-order valence-electron chi connectivity index (χ2n) is 6.82. The summed E-state index contributed by atoms with van der Waals surface area (Å²) >= 11 is 0. The minimum Gasteiger partial charge on any atom is -0.480 e. The molecule has 0 aromatic carbocycles. The lowest BCUT2D eigenvalue weighted by Crippen LogP contribution is -2.52. The second-order valence-corrected chi connectivity index (χ2v) is 6.82. The van der Waals surface area contributed by atoms with Gasteiger partial charge in [-0.2, -0.15) is 0 Å². The number of carboxylic acids is 1. The number of hydrogen-bond acceptors (Lipinski definition) is 3. The molecule has 0 unspecified atom stereocenters. The lowest BCUT2D eigenvalue weighted by molar-refractivity contribution is -0.148. The van der Waals surface area contributed by atoms with Gasteiger partial charge in [0.1, 0.15) is 11.1 Å². The third kappa shape index (κ3) is 2.18. The van der Waals surface area contributed by atoms with Crippen LogP contribution in [0, 0.1) is 5.41 Å². The number of nitrogens with zero attached hydrogens (tertiary/aromatic N) is 1. The fourth-order valence-corrected chi connectivity index (χ4v) is 2.68. The van der Waals surface area contributed by atoms with E-state index < -0.39 is 23.2 Å². The van der Waals surface area contributed by atoms with Crippen LogP contribution in [0.25, 0.3) is 0 Å². The standard InChI is InChI=1S/C13H21NO4/c1-11(2,3)18-10(17)14-8-13(5-6-13)7-12(14,4)9(15)16/h5-8H2,1-4H3,(H,15,16)/t12-/m0/s1. The SMILES string of the molecule is CC(C)(C)OC(=O)N1CC2(CC2)C[C@@]1(C)C(=O)O. The van der Waals surface area contributed by atoms with E-state index in [1.807, 2.05) is 0 Å². The van der Waals surface area contributed by atoms with Crippen molar-refractivity contribution in [1.82, 2.24) is 4.90 Å². The van der Waals surface area contributed by atoms with Crippen LogP contribution in [0.4, 0.5) is 4.79 Å². The second kappa shape index (κ2) is 3.62. The van der Waals surface area contributed by atoms with E-state index in [2.05, 4.69) is 0 Å². The zero-order chi connectivity index (χ0) is 13.8. The molecule has 1 aliphatic heterocycles. The summed E-state index contributed by atoms with van der Waals surface area (Å²) in [5, 5.41) is 9.40. The van der Waals surface area contributed by atoms with Gasteiger partial charge in [0.05, 0.1) is 0 Å². The van der Waals surface area contributed by atoms with Crippen LogP contribution in [0.3, 0.4) is 0 Å². The van der Waals surface area contributed by atoms with E-state index in [0.29, 0.717) is 13.0 Å². The smallest absolute Gasteiger partial charge is 0.411 e. The van der Waals surface area contributed by atoms with Crippen molar-refractivity contribution in [2.45, 2.75) is 58.1 Å². The van der Waals surface area contributed by atoms with Gasteiger partial charge in [-0.3, -0.25) is 4.90 Å². The summed E-state index contributed by atoms with van der Waals surface area (Å²) in [4.78, 5) is 25.0. The molecule has 0 bridgehead atoms. The molecule has 0 radical (unpaired) electrons. The normalized spacial score (nSPS) is 29.4. The largest absolute Gasteiger partial charge is 0.480 e. The highest BCUT2D eigenvalue weighted by molar-refractivity contribution is 5.85. The van der Waals surface area contributed by atoms with E-state index in [1.165, 1.54) is 4.90 Å². The Morgan fingerprint density at radius 2 is 1.83 bits per heavy atom. The molecule has 1 spiro atoms. The van der Waals surface area contributed by atoms with E-state index in [1.54, 1.807) is 27.7 Å². The predicted octanol–water partition coefficient (Wildman–Crippen LogP) is 2.25. The van der Waals surface area contributed by atoms with Crippen molar-refractivity contribution >= 4 is 12.1 Å². The Kier molecular flexibility index (Phi) is 2.65. The first-order valence-corrected chi connectivity index (χ1v) is 6.32. The molecule has 1 saturated heterocycles. The highest BCUT2D eigenvalue weighted by Crippen LogP contribution is 2.58. The summed E-state index contributed by atoms with van der Waals surface area (Å²) in [6.07, 6.45) is 2.04. The van der Waals surface area contributed by atoms with Crippen LogP contribution < -0.4 is 0 Å². The van der Waals surface area contributed by atoms with Crippen LogP contribution in [-0.4, -0.2) is 39.8 Å². The lowest BCUT2D eigenvalue weighted by atomic mass is 9.93. The van der Waals surface area contributed by atoms with Crippen LogP contribution in [0.2, 0.25) is 0 Å². The van der Waals surface area contributed by atoms with E-state index in [9.17, 15) is 14.7 Å². The first-order chi connectivity index (χ1) is 8.08. The van der Waals surface area contributed by atoms with Gasteiger partial charge in [-0.15, -0.1) is 0 Å². The number of ether oxygens (including phenoxy) is 1. The van der Waals surface area contributed by atoms with Gasteiger partial charge in [-0.05, 0) is 52.4 Å². The number of amides is 1. The van der Waals surface area contributed by atoms with Crippen molar-refractivity contribution < 1.29 is 19.4 Å². The molecule has 1 amide bonds. The first kappa shape index (κ1) is 13.2. The highest BCUT2D eigenvalue weighted by Gasteiger charge is 2.62. The predicted molar refractivity (Wildman–Crippen MR) is 65.3 cm³/mol. The molecule has 5 heteroatoms. The van der Waals surface area contributed by atoms with Gasteiger partial charge in [-0.25, -0.2) is 9.59 Å². The monoisotopic (exact) mass is 255 g/mol. The van der Waals surface area contributed by atoms with Crippen molar-refractivity contribution in [2.24, 2.45) is 5.41 Å². The Balaban J connectivity index is 2.19. The Labute approximate surface area is 107 Å². The molecular weight excluding hydrogens is 234 g/mol. The summed E-state index contributed by atoms with van der Waals surface area (Å²) in [7, 11) is 0. The average Bonchev–Trinajstić information content (AvgIpc) is 2.82. The molecule has 1 heterocycles. The van der Waals surface area contributed by atoms with Gasteiger partial charge in [0, 0.05) is 6.54 Å². The van der Waals surface area contributed by atoms with E-state index in [-0.39, 0.29) is 5.41 Å². The lowest BCUT2D eigenvalue weighted by Gasteiger charge is -2.32. The quantitative estimate of drug-likeness (QED) is 0.780. The fourth-order valence-electron chi connectivity index (χ4n) is 2.68. The molecule has 2 fully saturated rings. The van der Waals surface area contributed by atoms with Crippen LogP contribution in [0.15, 0.2) is 0 Å². The summed E-state index contributed by atoms with van der Waals surface area (Å²) < 4.78 is 5.31. The zero-order valence-corrected chi connectivity index (χ0v) is 11.4. The van der Waals surface area contributed by atoms with Crippen molar-refractivity contribution in [3.8, 4) is 0 Å². The molecule has 1 aliphatic carbocycles. The van der Waals surface area contributed by atoms with Crippen LogP contribution in [-0.2, 0) is 9.53 Å². The maximum Gasteiger partial charge on any atom is 0.411 e. The van der Waals surface area contributed by atoms with Gasteiger partial charge in [0.25, 0.3) is 0 Å². The highest BCUT2D eigenvalue weighted by atomic mass is 16.6. The Hall–Kier alpha value is -1.26. The first-order valence-electron chi connectivity index (χ1n) is 6.32. The molecule has 1 saturated carbocycles. The Bertz CT molecular complexity index is 394. The number of aliphatic carboxylic acids is 1. The van der Waals surface area contributed by atoms with Crippen LogP contribution in [0.1, 0.15) is 47.0 Å². The fraction of sp³-hybridized carbons (Fsp3) is 0.846. The topological polar surface area (TPSA) is 66.8 Å². The number of carbonyl (C=O) groups excluding carboxylic acids is 1. The summed E-state index contributed by atoms with van der Waals surface area (Å²) in [6, 6.07) is 0. The molecule has 18 heavy (non-hydrogen) atoms. The van der Waals surface area contributed by atoms with E-state index in [0.717, 1.165) is 12.8 Å². The summed E-state index contributed by atoms with van der Waals surface area (Å²) in [5.74, 6) is -0.947. The number of hydrogen-bond donors (Lipinski definition) is 1. The summed E-state index contributed by atoms with van der Waals surface area (Å²) in [5.41, 5.74) is -1.70. The number of carboxylic acid groups (broad SMARTS) is 1. The summed E-state index contributed by atoms with van der Waals surface area (Å²) in [6.45, 7) is 7.47. The van der Waals surface area contributed by atoms with Crippen molar-refractivity contribution in [2.75, 3.05) is 6.54 Å². The molecule has 1 N–H and O–H groups in total. The molecule has 2 aliphatic rings. The van der Waals surface area contributed by atoms with E-state index in [4.69, 9.17) is 4.74 Å². The van der Waals surface area contributed by atoms with Gasteiger partial charge < -0.3 is 9.84 Å². The zero-order valence-electron chi connectivity index (χ0n) is 11.4. The molecule has 0 aromatic rings. The van der Waals surface area contributed by atoms with E-state index >= 15 is 0 Å². The third-order valence-corrected chi connectivity index (χ3v) is 3.84. The van der Waals surface area contributed by atoms with Gasteiger partial charge >= 0.3 is 12.1 Å². The average molecular weight is 255 g/mol. The maximum atomic E-state index is 12.1. The number of likely N-dealkylation sites (tertiary alicyclic amines) is 1. The third-order valence-electron chi connectivity index (χ3n) is 3.84. The van der Waals surface area contributed by atoms with Crippen LogP contribution >= 0.6 is 0 Å². The molecule has 5 nitrogen and oxygen atoms in total. The Morgan fingerprint density at radius 1 is 1.28 bits per heavy atom. The van der Waals surface area contributed by atoms with Crippen molar-refractivity contribution in [1.29, 1.82) is 0 Å². The van der Waals surface area contributed by atoms with Gasteiger partial charge in [-0.1, -0.05) is 0 Å². The number of carbonyl (C=O) groups is 2. The number of rotatable bonds is 1. The maximum absolute atomic E-state index is 12.1. The molecular formula is C13H21NO4. The van der Waals surface area contributed by atoms with Crippen molar-refractivity contribution in [3.05, 3.63) is 0 Å². The minimum atomic E-state index is -1.13. The van der Waals surface area contributed by atoms with Crippen LogP contribution in [0.5, 0.6) is 0 Å². The van der Waals surface area contributed by atoms with Crippen molar-refractivity contribution in [3.63, 3.8) is 0 Å². The molecule has 0 aromatic heterocycles. The van der Waals surface area contributed by atoms with Gasteiger partial charge in [0.15, 0.2) is 0 Å².